The Kier molecular flexibility index (Phi) is 2.18. The Hall–Kier alpha value is -2.54. The van der Waals surface area contributed by atoms with Crippen molar-refractivity contribution < 1.29 is 4.42 Å². The predicted octanol–water partition coefficient (Wildman–Crippen LogP) is 5.25. The van der Waals surface area contributed by atoms with Gasteiger partial charge in [-0.2, -0.15) is 0 Å². The predicted molar refractivity (Wildman–Crippen MR) is 79.2 cm³/mol. The summed E-state index contributed by atoms with van der Waals surface area (Å²) in [6.45, 7) is 0. The number of hydrogen-bond acceptors (Lipinski definition) is 1. The van der Waals surface area contributed by atoms with Crippen LogP contribution in [-0.2, 0) is 0 Å². The van der Waals surface area contributed by atoms with E-state index in [-0.39, 0.29) is 0 Å². The van der Waals surface area contributed by atoms with Crippen LogP contribution in [0.2, 0.25) is 0 Å². The van der Waals surface area contributed by atoms with Crippen molar-refractivity contribution in [1.29, 1.82) is 0 Å². The molecule has 0 amide bonds. The van der Waals surface area contributed by atoms with Gasteiger partial charge in [-0.25, -0.2) is 0 Å². The van der Waals surface area contributed by atoms with E-state index in [1.54, 1.807) is 0 Å². The zero-order chi connectivity index (χ0) is 12.7. The Bertz CT molecular complexity index is 857. The van der Waals surface area contributed by atoms with Crippen molar-refractivity contribution in [1.82, 2.24) is 0 Å². The molecule has 0 radical (unpaired) electrons. The second-order valence-corrected chi connectivity index (χ2v) is 4.64. The summed E-state index contributed by atoms with van der Waals surface area (Å²) in [6.07, 6.45) is 0. The zero-order valence-electron chi connectivity index (χ0n) is 10.3. The summed E-state index contributed by atoms with van der Waals surface area (Å²) in [5.74, 6) is 0. The number of benzene rings is 3. The van der Waals surface area contributed by atoms with Crippen molar-refractivity contribution in [3.05, 3.63) is 72.8 Å². The van der Waals surface area contributed by atoms with Crippen LogP contribution in [0.1, 0.15) is 0 Å². The molecule has 0 bridgehead atoms. The van der Waals surface area contributed by atoms with Gasteiger partial charge in [0.1, 0.15) is 11.2 Å². The monoisotopic (exact) mass is 244 g/mol. The van der Waals surface area contributed by atoms with Gasteiger partial charge in [0.2, 0.25) is 0 Å². The fourth-order valence-electron chi connectivity index (χ4n) is 2.63. The second-order valence-electron chi connectivity index (χ2n) is 4.64. The highest BCUT2D eigenvalue weighted by Gasteiger charge is 2.11. The molecule has 4 aromatic rings. The Morgan fingerprint density at radius 1 is 0.579 bits per heavy atom. The molecule has 0 aliphatic heterocycles. The maximum atomic E-state index is 5.91. The molecule has 4 rings (SSSR count). The molecule has 19 heavy (non-hydrogen) atoms. The largest absolute Gasteiger partial charge is 0.456 e. The van der Waals surface area contributed by atoms with Gasteiger partial charge in [-0.3, -0.25) is 0 Å². The SMILES string of the molecule is c1ccc(-c2cccc3oc4ccccc4c23)cc1. The van der Waals surface area contributed by atoms with E-state index in [1.807, 2.05) is 30.3 Å². The molecule has 0 fully saturated rings. The molecule has 0 N–H and O–H groups in total. The minimum atomic E-state index is 0.945. The lowest BCUT2D eigenvalue weighted by Gasteiger charge is -2.03. The lowest BCUT2D eigenvalue weighted by atomic mass is 10.00. The maximum absolute atomic E-state index is 5.91. The van der Waals surface area contributed by atoms with E-state index in [2.05, 4.69) is 42.5 Å². The van der Waals surface area contributed by atoms with Crippen molar-refractivity contribution in [2.75, 3.05) is 0 Å². The first kappa shape index (κ1) is 10.4. The summed E-state index contributed by atoms with van der Waals surface area (Å²) in [5, 5.41) is 2.38. The highest BCUT2D eigenvalue weighted by Crippen LogP contribution is 2.36. The van der Waals surface area contributed by atoms with E-state index in [0.29, 0.717) is 0 Å². The first-order chi connectivity index (χ1) is 9.43. The molecule has 3 aromatic carbocycles. The van der Waals surface area contributed by atoms with Gasteiger partial charge in [-0.05, 0) is 23.3 Å². The summed E-state index contributed by atoms with van der Waals surface area (Å²) < 4.78 is 5.91. The Morgan fingerprint density at radius 3 is 2.21 bits per heavy atom. The normalized spacial score (nSPS) is 11.2. The number of hydrogen-bond donors (Lipinski definition) is 0. The molecule has 0 saturated carbocycles. The number of rotatable bonds is 1. The van der Waals surface area contributed by atoms with E-state index in [9.17, 15) is 0 Å². The summed E-state index contributed by atoms with van der Waals surface area (Å²) in [4.78, 5) is 0. The summed E-state index contributed by atoms with van der Waals surface area (Å²) in [5.41, 5.74) is 4.34. The molecule has 1 nitrogen and oxygen atoms in total. The van der Waals surface area contributed by atoms with Gasteiger partial charge in [-0.1, -0.05) is 60.7 Å². The van der Waals surface area contributed by atoms with Gasteiger partial charge in [0.25, 0.3) is 0 Å². The van der Waals surface area contributed by atoms with Gasteiger partial charge in [0.15, 0.2) is 0 Å². The van der Waals surface area contributed by atoms with Crippen LogP contribution in [0.5, 0.6) is 0 Å². The molecular formula is C18H12O. The van der Waals surface area contributed by atoms with Crippen molar-refractivity contribution >= 4 is 21.9 Å². The topological polar surface area (TPSA) is 13.1 Å². The Balaban J connectivity index is 2.17. The van der Waals surface area contributed by atoms with Crippen LogP contribution in [0.3, 0.4) is 0 Å². The fourth-order valence-corrected chi connectivity index (χ4v) is 2.63. The molecule has 0 unspecified atom stereocenters. The molecule has 90 valence electrons. The van der Waals surface area contributed by atoms with Gasteiger partial charge >= 0.3 is 0 Å². The minimum Gasteiger partial charge on any atom is -0.456 e. The molecule has 1 heteroatoms. The van der Waals surface area contributed by atoms with Gasteiger partial charge in [0.05, 0.1) is 0 Å². The average molecular weight is 244 g/mol. The average Bonchev–Trinajstić information content (AvgIpc) is 2.86. The van der Waals surface area contributed by atoms with E-state index in [1.165, 1.54) is 21.9 Å². The fraction of sp³-hybridized carbons (Fsp3) is 0. The maximum Gasteiger partial charge on any atom is 0.136 e. The van der Waals surface area contributed by atoms with Gasteiger partial charge in [0, 0.05) is 10.8 Å². The third-order valence-corrected chi connectivity index (χ3v) is 3.49. The van der Waals surface area contributed by atoms with Crippen molar-refractivity contribution in [3.63, 3.8) is 0 Å². The van der Waals surface area contributed by atoms with Crippen LogP contribution in [0.25, 0.3) is 33.1 Å². The number of fused-ring (bicyclic) bond motifs is 3. The van der Waals surface area contributed by atoms with Gasteiger partial charge in [-0.15, -0.1) is 0 Å². The second kappa shape index (κ2) is 3.99. The van der Waals surface area contributed by atoms with E-state index >= 15 is 0 Å². The molecule has 1 heterocycles. The van der Waals surface area contributed by atoms with Crippen LogP contribution in [0.15, 0.2) is 77.2 Å². The third-order valence-electron chi connectivity index (χ3n) is 3.49. The van der Waals surface area contributed by atoms with E-state index in [4.69, 9.17) is 4.42 Å². The molecule has 0 spiro atoms. The lowest BCUT2D eigenvalue weighted by Crippen LogP contribution is -1.78. The lowest BCUT2D eigenvalue weighted by molar-refractivity contribution is 0.669. The minimum absolute atomic E-state index is 0.945. The molecule has 0 aliphatic rings. The van der Waals surface area contributed by atoms with Crippen LogP contribution in [-0.4, -0.2) is 0 Å². The Morgan fingerprint density at radius 2 is 1.32 bits per heavy atom. The van der Waals surface area contributed by atoms with E-state index < -0.39 is 0 Å². The van der Waals surface area contributed by atoms with Crippen molar-refractivity contribution in [2.45, 2.75) is 0 Å². The van der Waals surface area contributed by atoms with E-state index in [0.717, 1.165) is 11.2 Å². The Labute approximate surface area is 111 Å². The first-order valence-electron chi connectivity index (χ1n) is 6.39. The summed E-state index contributed by atoms with van der Waals surface area (Å²) in [7, 11) is 0. The van der Waals surface area contributed by atoms with Crippen LogP contribution >= 0.6 is 0 Å². The molecule has 0 atom stereocenters. The number of para-hydroxylation sites is 1. The standard InChI is InChI=1S/C18H12O/c1-2-7-13(8-3-1)14-10-6-12-17-18(14)15-9-4-5-11-16(15)19-17/h1-12H. The van der Waals surface area contributed by atoms with Crippen LogP contribution in [0, 0.1) is 0 Å². The zero-order valence-corrected chi connectivity index (χ0v) is 10.3. The third kappa shape index (κ3) is 1.55. The summed E-state index contributed by atoms with van der Waals surface area (Å²) in [6, 6.07) is 24.9. The van der Waals surface area contributed by atoms with Crippen molar-refractivity contribution in [2.24, 2.45) is 0 Å². The van der Waals surface area contributed by atoms with Crippen LogP contribution < -0.4 is 0 Å². The summed E-state index contributed by atoms with van der Waals surface area (Å²) >= 11 is 0. The molecule has 0 aliphatic carbocycles. The molecule has 1 aromatic heterocycles. The highest BCUT2D eigenvalue weighted by molar-refractivity contribution is 6.12. The quantitative estimate of drug-likeness (QED) is 0.445. The highest BCUT2D eigenvalue weighted by atomic mass is 16.3. The van der Waals surface area contributed by atoms with Crippen LogP contribution in [0.4, 0.5) is 0 Å². The smallest absolute Gasteiger partial charge is 0.136 e. The number of furan rings is 1. The molecule has 0 saturated heterocycles. The van der Waals surface area contributed by atoms with Crippen molar-refractivity contribution in [3.8, 4) is 11.1 Å². The first-order valence-corrected chi connectivity index (χ1v) is 6.39. The van der Waals surface area contributed by atoms with Gasteiger partial charge < -0.3 is 4.42 Å². The molecular weight excluding hydrogens is 232 g/mol.